The maximum absolute atomic E-state index is 12.8. The van der Waals surface area contributed by atoms with Crippen LogP contribution in [0.3, 0.4) is 0 Å². The lowest BCUT2D eigenvalue weighted by molar-refractivity contribution is 0.626. The molecule has 0 aromatic heterocycles. The molecule has 0 fully saturated rings. The van der Waals surface area contributed by atoms with E-state index in [2.05, 4.69) is 31.9 Å². The Labute approximate surface area is 86.0 Å². The van der Waals surface area contributed by atoms with Gasteiger partial charge in [0.25, 0.3) is 0 Å². The summed E-state index contributed by atoms with van der Waals surface area (Å²) in [5.41, 5.74) is 0.899. The van der Waals surface area contributed by atoms with E-state index >= 15 is 0 Å². The van der Waals surface area contributed by atoms with Crippen LogP contribution < -0.4 is 0 Å². The minimum absolute atomic E-state index is 0.130. The Bertz CT molecular complexity index is 273. The summed E-state index contributed by atoms with van der Waals surface area (Å²) >= 11 is 12.0. The largest absolute Gasteiger partial charge is 0.205 e. The second-order valence-electron chi connectivity index (χ2n) is 2.09. The molecule has 0 aliphatic heterocycles. The Morgan fingerprint density at radius 1 is 1.45 bits per heavy atom. The lowest BCUT2D eigenvalue weighted by Crippen LogP contribution is -1.84. The molecular weight excluding hydrogens is 298 g/mol. The first-order valence-electron chi connectivity index (χ1n) is 2.83. The molecular formula is C7H4Br2ClF. The summed E-state index contributed by atoms with van der Waals surface area (Å²) in [5.74, 6) is -0.420. The first kappa shape index (κ1) is 9.49. The van der Waals surface area contributed by atoms with Crippen LogP contribution in [-0.2, 0) is 0 Å². The molecule has 0 amide bonds. The van der Waals surface area contributed by atoms with E-state index in [1.54, 1.807) is 0 Å². The lowest BCUT2D eigenvalue weighted by Gasteiger charge is -2.03. The molecule has 0 nitrogen and oxygen atoms in total. The molecule has 0 aliphatic carbocycles. The molecule has 0 atom stereocenters. The molecule has 0 aliphatic rings. The summed E-state index contributed by atoms with van der Waals surface area (Å²) in [6, 6.07) is 1.35. The van der Waals surface area contributed by atoms with E-state index in [1.165, 1.54) is 6.07 Å². The Balaban J connectivity index is 3.46. The zero-order valence-electron chi connectivity index (χ0n) is 5.59. The highest BCUT2D eigenvalue weighted by Crippen LogP contribution is 2.33. The molecule has 60 valence electrons. The highest BCUT2D eigenvalue weighted by Gasteiger charge is 2.09. The van der Waals surface area contributed by atoms with E-state index in [9.17, 15) is 4.39 Å². The lowest BCUT2D eigenvalue weighted by atomic mass is 10.2. The van der Waals surface area contributed by atoms with Crippen molar-refractivity contribution in [1.29, 1.82) is 0 Å². The van der Waals surface area contributed by atoms with Gasteiger partial charge in [-0.25, -0.2) is 4.39 Å². The van der Waals surface area contributed by atoms with Crippen molar-refractivity contribution in [3.8, 4) is 0 Å². The number of benzene rings is 1. The van der Waals surface area contributed by atoms with E-state index in [4.69, 9.17) is 11.6 Å². The van der Waals surface area contributed by atoms with Gasteiger partial charge in [0.1, 0.15) is 5.82 Å². The standard InChI is InChI=1S/C7H4Br2ClF/c1-3-4(8)2-5(11)7(10)6(3)9/h2H,1H3. The number of halogens is 4. The third-order valence-corrected chi connectivity index (χ3v) is 3.76. The summed E-state index contributed by atoms with van der Waals surface area (Å²) in [6.07, 6.45) is 0. The van der Waals surface area contributed by atoms with Crippen LogP contribution in [0.15, 0.2) is 15.0 Å². The van der Waals surface area contributed by atoms with Crippen molar-refractivity contribution in [2.24, 2.45) is 0 Å². The van der Waals surface area contributed by atoms with Crippen molar-refractivity contribution < 1.29 is 4.39 Å². The van der Waals surface area contributed by atoms with E-state index in [0.29, 0.717) is 8.95 Å². The molecule has 1 rings (SSSR count). The summed E-state index contributed by atoms with van der Waals surface area (Å²) < 4.78 is 14.1. The van der Waals surface area contributed by atoms with Gasteiger partial charge in [-0.3, -0.25) is 0 Å². The minimum atomic E-state index is -0.420. The van der Waals surface area contributed by atoms with Gasteiger partial charge >= 0.3 is 0 Å². The third kappa shape index (κ3) is 1.76. The molecule has 4 heteroatoms. The van der Waals surface area contributed by atoms with Gasteiger partial charge in [-0.2, -0.15) is 0 Å². The van der Waals surface area contributed by atoms with Gasteiger partial charge in [0.15, 0.2) is 0 Å². The van der Waals surface area contributed by atoms with Crippen LogP contribution >= 0.6 is 43.5 Å². The Morgan fingerprint density at radius 2 is 2.00 bits per heavy atom. The number of rotatable bonds is 0. The van der Waals surface area contributed by atoms with Crippen LogP contribution in [-0.4, -0.2) is 0 Å². The second-order valence-corrected chi connectivity index (χ2v) is 4.12. The average molecular weight is 302 g/mol. The SMILES string of the molecule is Cc1c(Br)cc(F)c(Cl)c1Br. The van der Waals surface area contributed by atoms with E-state index in [0.717, 1.165) is 5.56 Å². The molecule has 1 aromatic carbocycles. The van der Waals surface area contributed by atoms with Gasteiger partial charge in [-0.1, -0.05) is 27.5 Å². The maximum atomic E-state index is 12.8. The highest BCUT2D eigenvalue weighted by atomic mass is 79.9. The quantitative estimate of drug-likeness (QED) is 0.495. The van der Waals surface area contributed by atoms with Gasteiger partial charge < -0.3 is 0 Å². The second kappa shape index (κ2) is 3.42. The molecule has 0 bridgehead atoms. The maximum Gasteiger partial charge on any atom is 0.144 e. The van der Waals surface area contributed by atoms with Crippen LogP contribution in [0.1, 0.15) is 5.56 Å². The average Bonchev–Trinajstić information content (AvgIpc) is 1.97. The molecule has 0 saturated carbocycles. The molecule has 0 heterocycles. The van der Waals surface area contributed by atoms with Gasteiger partial charge in [-0.15, -0.1) is 0 Å². The fraction of sp³-hybridized carbons (Fsp3) is 0.143. The normalized spacial score (nSPS) is 10.3. The summed E-state index contributed by atoms with van der Waals surface area (Å²) in [5, 5.41) is 0.130. The van der Waals surface area contributed by atoms with Crippen molar-refractivity contribution in [3.05, 3.63) is 31.4 Å². The van der Waals surface area contributed by atoms with Crippen molar-refractivity contribution >= 4 is 43.5 Å². The highest BCUT2D eigenvalue weighted by molar-refractivity contribution is 9.11. The smallest absolute Gasteiger partial charge is 0.144 e. The van der Waals surface area contributed by atoms with Gasteiger partial charge in [0, 0.05) is 8.95 Å². The fourth-order valence-electron chi connectivity index (χ4n) is 0.657. The van der Waals surface area contributed by atoms with Crippen LogP contribution in [0.25, 0.3) is 0 Å². The monoisotopic (exact) mass is 300 g/mol. The van der Waals surface area contributed by atoms with Crippen LogP contribution in [0.2, 0.25) is 5.02 Å². The third-order valence-electron chi connectivity index (χ3n) is 1.34. The predicted molar refractivity (Wildman–Crippen MR) is 51.5 cm³/mol. The van der Waals surface area contributed by atoms with Crippen molar-refractivity contribution in [2.75, 3.05) is 0 Å². The minimum Gasteiger partial charge on any atom is -0.205 e. The molecule has 0 radical (unpaired) electrons. The summed E-state index contributed by atoms with van der Waals surface area (Å²) in [4.78, 5) is 0. The zero-order valence-corrected chi connectivity index (χ0v) is 9.52. The Kier molecular flexibility index (Phi) is 2.95. The van der Waals surface area contributed by atoms with Gasteiger partial charge in [0.05, 0.1) is 5.02 Å². The Hall–Kier alpha value is 0.400. The topological polar surface area (TPSA) is 0 Å². The zero-order chi connectivity index (χ0) is 8.59. The van der Waals surface area contributed by atoms with E-state index in [1.807, 2.05) is 6.92 Å². The first-order chi connectivity index (χ1) is 5.04. The van der Waals surface area contributed by atoms with Crippen molar-refractivity contribution in [2.45, 2.75) is 6.92 Å². The molecule has 0 unspecified atom stereocenters. The number of hydrogen-bond donors (Lipinski definition) is 0. The van der Waals surface area contributed by atoms with Gasteiger partial charge in [0.2, 0.25) is 0 Å². The van der Waals surface area contributed by atoms with E-state index in [-0.39, 0.29) is 5.02 Å². The molecule has 0 spiro atoms. The predicted octanol–water partition coefficient (Wildman–Crippen LogP) is 4.31. The van der Waals surface area contributed by atoms with Gasteiger partial charge in [-0.05, 0) is 34.5 Å². The van der Waals surface area contributed by atoms with Crippen LogP contribution in [0.5, 0.6) is 0 Å². The molecule has 11 heavy (non-hydrogen) atoms. The summed E-state index contributed by atoms with van der Waals surface area (Å²) in [6.45, 7) is 1.85. The fourth-order valence-corrected chi connectivity index (χ4v) is 1.92. The van der Waals surface area contributed by atoms with Crippen molar-refractivity contribution in [3.63, 3.8) is 0 Å². The van der Waals surface area contributed by atoms with Crippen LogP contribution in [0.4, 0.5) is 4.39 Å². The van der Waals surface area contributed by atoms with Crippen molar-refractivity contribution in [1.82, 2.24) is 0 Å². The van der Waals surface area contributed by atoms with Crippen LogP contribution in [0, 0.1) is 12.7 Å². The number of hydrogen-bond acceptors (Lipinski definition) is 0. The summed E-state index contributed by atoms with van der Waals surface area (Å²) in [7, 11) is 0. The van der Waals surface area contributed by atoms with E-state index < -0.39 is 5.82 Å². The molecule has 0 N–H and O–H groups in total. The Morgan fingerprint density at radius 3 is 2.55 bits per heavy atom. The molecule has 0 saturated heterocycles. The first-order valence-corrected chi connectivity index (χ1v) is 4.80. The molecule has 1 aromatic rings.